The van der Waals surface area contributed by atoms with Gasteiger partial charge in [0.1, 0.15) is 0 Å². The van der Waals surface area contributed by atoms with Gasteiger partial charge in [0.05, 0.1) is 0 Å². The van der Waals surface area contributed by atoms with Gasteiger partial charge in [-0.2, -0.15) is 11.8 Å². The van der Waals surface area contributed by atoms with Crippen LogP contribution in [0, 0.1) is 11.8 Å². The van der Waals surface area contributed by atoms with Crippen LogP contribution in [0.1, 0.15) is 47.0 Å². The molecule has 0 aromatic rings. The van der Waals surface area contributed by atoms with Crippen LogP contribution >= 0.6 is 11.8 Å². The van der Waals surface area contributed by atoms with Crippen molar-refractivity contribution in [2.75, 3.05) is 11.5 Å². The summed E-state index contributed by atoms with van der Waals surface area (Å²) in [7, 11) is 0. The Morgan fingerprint density at radius 3 is 2.08 bits per heavy atom. The standard InChI is InChI=1S/C11H24S/c1-5-11(4)7-9-12-8-6-10(2)3/h10-11H,5-9H2,1-4H3. The number of hydrogen-bond acceptors (Lipinski definition) is 1. The lowest BCUT2D eigenvalue weighted by molar-refractivity contribution is 0.548. The highest BCUT2D eigenvalue weighted by Gasteiger charge is 1.98. The van der Waals surface area contributed by atoms with Gasteiger partial charge in [-0.25, -0.2) is 0 Å². The topological polar surface area (TPSA) is 0 Å². The molecule has 0 aliphatic carbocycles. The van der Waals surface area contributed by atoms with Gasteiger partial charge in [-0.1, -0.05) is 34.1 Å². The van der Waals surface area contributed by atoms with Gasteiger partial charge >= 0.3 is 0 Å². The van der Waals surface area contributed by atoms with E-state index in [-0.39, 0.29) is 0 Å². The molecule has 0 amide bonds. The van der Waals surface area contributed by atoms with E-state index >= 15 is 0 Å². The summed E-state index contributed by atoms with van der Waals surface area (Å²) < 4.78 is 0. The molecule has 0 spiro atoms. The van der Waals surface area contributed by atoms with Crippen molar-refractivity contribution in [3.05, 3.63) is 0 Å². The third-order valence-electron chi connectivity index (χ3n) is 2.29. The molecule has 0 heterocycles. The van der Waals surface area contributed by atoms with Gasteiger partial charge in [0.15, 0.2) is 0 Å². The first-order valence-corrected chi connectivity index (χ1v) is 6.40. The molecule has 0 saturated carbocycles. The summed E-state index contributed by atoms with van der Waals surface area (Å²) >= 11 is 2.13. The summed E-state index contributed by atoms with van der Waals surface area (Å²) in [6.07, 6.45) is 4.12. The minimum Gasteiger partial charge on any atom is -0.162 e. The minimum absolute atomic E-state index is 0.876. The summed E-state index contributed by atoms with van der Waals surface area (Å²) in [5, 5.41) is 0. The van der Waals surface area contributed by atoms with Gasteiger partial charge in [0.2, 0.25) is 0 Å². The third kappa shape index (κ3) is 8.45. The second-order valence-electron chi connectivity index (χ2n) is 4.10. The predicted octanol–water partition coefficient (Wildman–Crippen LogP) is 4.20. The van der Waals surface area contributed by atoms with E-state index in [0.29, 0.717) is 0 Å². The van der Waals surface area contributed by atoms with Crippen LogP contribution in [0.5, 0.6) is 0 Å². The zero-order valence-corrected chi connectivity index (χ0v) is 9.91. The number of thioether (sulfide) groups is 1. The highest BCUT2D eigenvalue weighted by molar-refractivity contribution is 7.99. The molecule has 0 aliphatic heterocycles. The molecule has 0 radical (unpaired) electrons. The average Bonchev–Trinajstić information content (AvgIpc) is 2.03. The van der Waals surface area contributed by atoms with Crippen molar-refractivity contribution in [3.8, 4) is 0 Å². The molecule has 0 aromatic carbocycles. The third-order valence-corrected chi connectivity index (χ3v) is 3.34. The minimum atomic E-state index is 0.876. The smallest absolute Gasteiger partial charge is 0.00650 e. The van der Waals surface area contributed by atoms with Gasteiger partial charge in [0.25, 0.3) is 0 Å². The second kappa shape index (κ2) is 7.97. The van der Waals surface area contributed by atoms with Crippen LogP contribution < -0.4 is 0 Å². The van der Waals surface area contributed by atoms with Gasteiger partial charge in [-0.3, -0.25) is 0 Å². The van der Waals surface area contributed by atoms with Crippen molar-refractivity contribution in [3.63, 3.8) is 0 Å². The quantitative estimate of drug-likeness (QED) is 0.540. The Kier molecular flexibility index (Phi) is 8.20. The highest BCUT2D eigenvalue weighted by atomic mass is 32.2. The molecule has 0 saturated heterocycles. The first kappa shape index (κ1) is 12.3. The molecule has 0 fully saturated rings. The van der Waals surface area contributed by atoms with Crippen LogP contribution in [0.2, 0.25) is 0 Å². The van der Waals surface area contributed by atoms with Gasteiger partial charge < -0.3 is 0 Å². The monoisotopic (exact) mass is 188 g/mol. The average molecular weight is 188 g/mol. The van der Waals surface area contributed by atoms with Crippen LogP contribution in [0.3, 0.4) is 0 Å². The molecule has 0 bridgehead atoms. The van der Waals surface area contributed by atoms with Crippen LogP contribution in [0.4, 0.5) is 0 Å². The second-order valence-corrected chi connectivity index (χ2v) is 5.32. The molecular weight excluding hydrogens is 164 g/mol. The Morgan fingerprint density at radius 2 is 1.58 bits per heavy atom. The normalized spacial score (nSPS) is 13.8. The lowest BCUT2D eigenvalue weighted by atomic mass is 10.1. The summed E-state index contributed by atoms with van der Waals surface area (Å²) in [4.78, 5) is 0. The van der Waals surface area contributed by atoms with E-state index < -0.39 is 0 Å². The molecule has 12 heavy (non-hydrogen) atoms. The van der Waals surface area contributed by atoms with Crippen molar-refractivity contribution >= 4 is 11.8 Å². The molecule has 0 aromatic heterocycles. The molecule has 0 rings (SSSR count). The fourth-order valence-electron chi connectivity index (χ4n) is 0.910. The van der Waals surface area contributed by atoms with Crippen molar-refractivity contribution < 1.29 is 0 Å². The van der Waals surface area contributed by atoms with Gasteiger partial charge in [-0.05, 0) is 36.2 Å². The van der Waals surface area contributed by atoms with Crippen molar-refractivity contribution in [2.24, 2.45) is 11.8 Å². The number of rotatable bonds is 7. The van der Waals surface area contributed by atoms with Crippen molar-refractivity contribution in [1.29, 1.82) is 0 Å². The fraction of sp³-hybridized carbons (Fsp3) is 1.00. The predicted molar refractivity (Wildman–Crippen MR) is 60.9 cm³/mol. The largest absolute Gasteiger partial charge is 0.162 e. The molecule has 1 atom stereocenters. The van der Waals surface area contributed by atoms with Gasteiger partial charge in [0, 0.05) is 0 Å². The lowest BCUT2D eigenvalue weighted by Gasteiger charge is -2.08. The Hall–Kier alpha value is 0.350. The van der Waals surface area contributed by atoms with E-state index in [4.69, 9.17) is 0 Å². The highest BCUT2D eigenvalue weighted by Crippen LogP contribution is 2.14. The Labute approximate surface area is 82.5 Å². The maximum absolute atomic E-state index is 2.35. The number of hydrogen-bond donors (Lipinski definition) is 0. The lowest BCUT2D eigenvalue weighted by Crippen LogP contribution is -1.96. The Balaban J connectivity index is 3.00. The SMILES string of the molecule is CCC(C)CCSCCC(C)C. The molecule has 0 N–H and O–H groups in total. The van der Waals surface area contributed by atoms with Crippen LogP contribution in [-0.4, -0.2) is 11.5 Å². The maximum Gasteiger partial charge on any atom is -0.00650 e. The zero-order valence-electron chi connectivity index (χ0n) is 9.10. The Morgan fingerprint density at radius 1 is 1.00 bits per heavy atom. The van der Waals surface area contributed by atoms with E-state index in [2.05, 4.69) is 39.5 Å². The zero-order chi connectivity index (χ0) is 9.40. The molecular formula is C11H24S. The maximum atomic E-state index is 2.35. The molecule has 0 aliphatic rings. The van der Waals surface area contributed by atoms with E-state index in [0.717, 1.165) is 11.8 Å². The molecule has 1 heteroatoms. The van der Waals surface area contributed by atoms with Crippen molar-refractivity contribution in [1.82, 2.24) is 0 Å². The van der Waals surface area contributed by atoms with E-state index in [1.54, 1.807) is 0 Å². The molecule has 74 valence electrons. The van der Waals surface area contributed by atoms with Crippen LogP contribution in [-0.2, 0) is 0 Å². The first-order valence-electron chi connectivity index (χ1n) is 5.24. The fourth-order valence-corrected chi connectivity index (χ4v) is 2.32. The van der Waals surface area contributed by atoms with Gasteiger partial charge in [-0.15, -0.1) is 0 Å². The summed E-state index contributed by atoms with van der Waals surface area (Å²) in [6, 6.07) is 0. The molecule has 1 unspecified atom stereocenters. The summed E-state index contributed by atoms with van der Waals surface area (Å²) in [5.74, 6) is 4.52. The van der Waals surface area contributed by atoms with Crippen LogP contribution in [0.25, 0.3) is 0 Å². The van der Waals surface area contributed by atoms with E-state index in [1.807, 2.05) is 0 Å². The van der Waals surface area contributed by atoms with E-state index in [1.165, 1.54) is 30.8 Å². The summed E-state index contributed by atoms with van der Waals surface area (Å²) in [5.41, 5.74) is 0. The summed E-state index contributed by atoms with van der Waals surface area (Å²) in [6.45, 7) is 9.23. The first-order chi connectivity index (χ1) is 5.66. The Bertz CT molecular complexity index is 89.0. The molecule has 0 nitrogen and oxygen atoms in total. The van der Waals surface area contributed by atoms with Crippen LogP contribution in [0.15, 0.2) is 0 Å². The van der Waals surface area contributed by atoms with E-state index in [9.17, 15) is 0 Å². The van der Waals surface area contributed by atoms with Crippen molar-refractivity contribution in [2.45, 2.75) is 47.0 Å².